The van der Waals surface area contributed by atoms with Crippen LogP contribution in [0.2, 0.25) is 0 Å². The quantitative estimate of drug-likeness (QED) is 0.718. The van der Waals surface area contributed by atoms with Gasteiger partial charge < -0.3 is 5.11 Å². The van der Waals surface area contributed by atoms with Gasteiger partial charge in [0.05, 0.1) is 0 Å². The van der Waals surface area contributed by atoms with Crippen LogP contribution in [0.3, 0.4) is 0 Å². The lowest BCUT2D eigenvalue weighted by atomic mass is 10.1. The number of fused-ring (bicyclic) bond motifs is 3. The second kappa shape index (κ2) is 5.04. The van der Waals surface area contributed by atoms with Gasteiger partial charge in [0.2, 0.25) is 0 Å². The lowest BCUT2D eigenvalue weighted by molar-refractivity contribution is 0.291. The molecular weight excluding hydrogens is 242 g/mol. The Morgan fingerprint density at radius 3 is 2.00 bits per heavy atom. The smallest absolute Gasteiger partial charge is 0.0488 e. The van der Waals surface area contributed by atoms with Gasteiger partial charge in [0.25, 0.3) is 0 Å². The molecule has 0 aromatic heterocycles. The van der Waals surface area contributed by atoms with Gasteiger partial charge in [0.15, 0.2) is 0 Å². The van der Waals surface area contributed by atoms with Gasteiger partial charge in [-0.15, -0.1) is 0 Å². The molecule has 2 nitrogen and oxygen atoms in total. The molecule has 0 radical (unpaired) electrons. The van der Waals surface area contributed by atoms with Gasteiger partial charge in [-0.05, 0) is 40.4 Å². The monoisotopic (exact) mass is 257 g/mol. The molecule has 3 heteroatoms. The van der Waals surface area contributed by atoms with Crippen LogP contribution in [-0.4, -0.2) is 18.3 Å². The number of aliphatic hydroxyl groups excluding tert-OH is 1. The van der Waals surface area contributed by atoms with E-state index in [1.807, 2.05) is 0 Å². The molecule has 0 amide bonds. The van der Waals surface area contributed by atoms with Crippen molar-refractivity contribution in [2.24, 2.45) is 4.36 Å². The number of nitrogens with zero attached hydrogens (tertiary/aromatic N) is 1. The van der Waals surface area contributed by atoms with Crippen molar-refractivity contribution < 1.29 is 5.11 Å². The third-order valence-corrected chi connectivity index (χ3v) is 5.00. The molecule has 1 aliphatic rings. The maximum atomic E-state index is 8.87. The van der Waals surface area contributed by atoms with Crippen molar-refractivity contribution in [3.8, 4) is 11.1 Å². The molecule has 0 saturated carbocycles. The van der Waals surface area contributed by atoms with Crippen LogP contribution in [0.5, 0.6) is 0 Å². The Morgan fingerprint density at radius 2 is 1.44 bits per heavy atom. The molecule has 1 N–H and O–H groups in total. The molecule has 0 spiro atoms. The number of rotatable bonds is 3. The van der Waals surface area contributed by atoms with Gasteiger partial charge in [0.1, 0.15) is 0 Å². The van der Waals surface area contributed by atoms with Crippen LogP contribution in [0.15, 0.2) is 62.7 Å². The Morgan fingerprint density at radius 1 is 0.889 bits per heavy atom. The van der Waals surface area contributed by atoms with Gasteiger partial charge >= 0.3 is 0 Å². The van der Waals surface area contributed by atoms with E-state index >= 15 is 0 Å². The first-order chi connectivity index (χ1) is 8.92. The zero-order chi connectivity index (χ0) is 12.4. The zero-order valence-corrected chi connectivity index (χ0v) is 10.9. The van der Waals surface area contributed by atoms with Gasteiger partial charge in [-0.1, -0.05) is 36.4 Å². The fraction of sp³-hybridized carbons (Fsp3) is 0.200. The van der Waals surface area contributed by atoms with Crippen molar-refractivity contribution in [1.29, 1.82) is 0 Å². The highest BCUT2D eigenvalue weighted by atomic mass is 32.2. The van der Waals surface area contributed by atoms with E-state index < -0.39 is 0 Å². The number of benzene rings is 2. The van der Waals surface area contributed by atoms with Crippen molar-refractivity contribution in [2.75, 3.05) is 13.2 Å². The van der Waals surface area contributed by atoms with Crippen LogP contribution in [-0.2, 0) is 10.7 Å². The van der Waals surface area contributed by atoms with Gasteiger partial charge in [-0.2, -0.15) is 0 Å². The predicted molar refractivity (Wildman–Crippen MR) is 74.8 cm³/mol. The van der Waals surface area contributed by atoms with E-state index in [1.54, 1.807) is 0 Å². The Kier molecular flexibility index (Phi) is 3.26. The summed E-state index contributed by atoms with van der Waals surface area (Å²) in [6.45, 7) is 0.937. The summed E-state index contributed by atoms with van der Waals surface area (Å²) < 4.78 is 4.76. The Labute approximate surface area is 109 Å². The summed E-state index contributed by atoms with van der Waals surface area (Å²) >= 11 is 0. The zero-order valence-electron chi connectivity index (χ0n) is 10.0. The average molecular weight is 257 g/mol. The highest BCUT2D eigenvalue weighted by Gasteiger charge is 2.22. The van der Waals surface area contributed by atoms with E-state index in [2.05, 4.69) is 48.5 Å². The highest BCUT2D eigenvalue weighted by molar-refractivity contribution is 7.88. The minimum atomic E-state index is -0.165. The molecule has 0 aliphatic carbocycles. The van der Waals surface area contributed by atoms with E-state index in [9.17, 15) is 0 Å². The van der Waals surface area contributed by atoms with E-state index in [-0.39, 0.29) is 17.3 Å². The van der Waals surface area contributed by atoms with Crippen molar-refractivity contribution in [2.45, 2.75) is 16.2 Å². The first kappa shape index (κ1) is 11.6. The predicted octanol–water partition coefficient (Wildman–Crippen LogP) is 3.27. The summed E-state index contributed by atoms with van der Waals surface area (Å²) in [5, 5.41) is 8.87. The summed E-state index contributed by atoms with van der Waals surface area (Å²) in [7, 11) is -0.165. The lowest BCUT2D eigenvalue weighted by Crippen LogP contribution is -1.92. The largest absolute Gasteiger partial charge is 0.396 e. The molecule has 92 valence electrons. The summed E-state index contributed by atoms with van der Waals surface area (Å²) in [4.78, 5) is 2.63. The van der Waals surface area contributed by atoms with Crippen molar-refractivity contribution in [3.63, 3.8) is 0 Å². The summed E-state index contributed by atoms with van der Waals surface area (Å²) in [6, 6.07) is 17.0. The average Bonchev–Trinajstić information content (AvgIpc) is 2.74. The molecule has 0 unspecified atom stereocenters. The molecule has 1 aliphatic heterocycles. The minimum Gasteiger partial charge on any atom is -0.396 e. The Hall–Kier alpha value is -1.45. The molecule has 18 heavy (non-hydrogen) atoms. The maximum absolute atomic E-state index is 8.87. The fourth-order valence-corrected chi connectivity index (χ4v) is 4.21. The Balaban J connectivity index is 2.12. The van der Waals surface area contributed by atoms with Gasteiger partial charge in [-0.3, -0.25) is 4.36 Å². The van der Waals surface area contributed by atoms with E-state index in [0.29, 0.717) is 0 Å². The number of hydrogen-bond donors (Lipinski definition) is 1. The second-order valence-electron chi connectivity index (χ2n) is 4.21. The van der Waals surface area contributed by atoms with Crippen LogP contribution in [0.25, 0.3) is 11.1 Å². The van der Waals surface area contributed by atoms with Crippen molar-refractivity contribution >= 4 is 10.7 Å². The lowest BCUT2D eigenvalue weighted by Gasteiger charge is -2.02. The maximum Gasteiger partial charge on any atom is 0.0488 e. The minimum absolute atomic E-state index is 0.165. The molecule has 2 aromatic rings. The summed E-state index contributed by atoms with van der Waals surface area (Å²) in [5.41, 5.74) is 2.62. The molecule has 0 saturated heterocycles. The first-order valence-corrected chi connectivity index (χ1v) is 7.31. The molecule has 1 heterocycles. The molecule has 0 fully saturated rings. The van der Waals surface area contributed by atoms with Gasteiger partial charge in [0, 0.05) is 22.9 Å². The van der Waals surface area contributed by atoms with Crippen LogP contribution in [0.4, 0.5) is 0 Å². The third-order valence-electron chi connectivity index (χ3n) is 3.02. The normalized spacial score (nSPS) is 13.2. The number of hydrogen-bond acceptors (Lipinski definition) is 2. The molecule has 0 atom stereocenters. The van der Waals surface area contributed by atoms with Crippen LogP contribution in [0, 0.1) is 0 Å². The van der Waals surface area contributed by atoms with Gasteiger partial charge in [-0.25, -0.2) is 0 Å². The fourth-order valence-electron chi connectivity index (χ4n) is 2.20. The van der Waals surface area contributed by atoms with E-state index in [1.165, 1.54) is 20.9 Å². The van der Waals surface area contributed by atoms with Crippen molar-refractivity contribution in [3.05, 3.63) is 48.5 Å². The third kappa shape index (κ3) is 1.89. The van der Waals surface area contributed by atoms with Crippen LogP contribution in [0.1, 0.15) is 6.42 Å². The van der Waals surface area contributed by atoms with Crippen LogP contribution >= 0.6 is 0 Å². The SMILES string of the molecule is OCCCN=S1c2ccccc2-c2ccccc21. The standard InChI is InChI=1S/C15H15NOS/c17-11-5-10-16-18-14-8-3-1-6-12(14)13-7-2-4-9-15(13)18/h1-4,6-9,17H,5,10-11H2. The number of aliphatic hydroxyl groups is 1. The first-order valence-electron chi connectivity index (χ1n) is 6.13. The second-order valence-corrected chi connectivity index (χ2v) is 5.91. The summed E-state index contributed by atoms with van der Waals surface area (Å²) in [5.74, 6) is 0. The molecule has 0 bridgehead atoms. The van der Waals surface area contributed by atoms with E-state index in [0.717, 1.165) is 13.0 Å². The molecule has 2 aromatic carbocycles. The topological polar surface area (TPSA) is 32.6 Å². The van der Waals surface area contributed by atoms with E-state index in [4.69, 9.17) is 9.47 Å². The highest BCUT2D eigenvalue weighted by Crippen LogP contribution is 2.41. The molecular formula is C15H15NOS. The summed E-state index contributed by atoms with van der Waals surface area (Å²) in [6.07, 6.45) is 0.744. The van der Waals surface area contributed by atoms with Crippen molar-refractivity contribution in [1.82, 2.24) is 0 Å². The van der Waals surface area contributed by atoms with Crippen LogP contribution < -0.4 is 0 Å². The molecule has 3 rings (SSSR count). The Bertz CT molecular complexity index is 559.